The number of thiophene rings is 1. The SMILES string of the molecule is CN(Cc1ccc(Cl)s1)C(=O)CCN1C(=O)CCC1=O. The molecule has 0 spiro atoms. The van der Waals surface area contributed by atoms with Crippen LogP contribution >= 0.6 is 22.9 Å². The fourth-order valence-electron chi connectivity index (χ4n) is 2.03. The number of carbonyl (C=O) groups is 3. The minimum Gasteiger partial charge on any atom is -0.341 e. The van der Waals surface area contributed by atoms with E-state index in [0.29, 0.717) is 10.9 Å². The van der Waals surface area contributed by atoms with Crippen LogP contribution in [0.4, 0.5) is 0 Å². The van der Waals surface area contributed by atoms with Crippen LogP contribution in [0.1, 0.15) is 24.1 Å². The molecule has 2 heterocycles. The second-order valence-corrected chi connectivity index (χ2v) is 6.44. The third-order valence-corrected chi connectivity index (χ3v) is 4.37. The molecule has 0 radical (unpaired) electrons. The Balaban J connectivity index is 1.82. The molecule has 1 fully saturated rings. The van der Waals surface area contributed by atoms with Crippen LogP contribution in [-0.2, 0) is 20.9 Å². The first-order valence-corrected chi connectivity index (χ1v) is 7.48. The Hall–Kier alpha value is -1.40. The van der Waals surface area contributed by atoms with Gasteiger partial charge in [0.1, 0.15) is 0 Å². The quantitative estimate of drug-likeness (QED) is 0.780. The maximum Gasteiger partial charge on any atom is 0.229 e. The number of likely N-dealkylation sites (tertiary alicyclic amines) is 1. The number of hydrogen-bond donors (Lipinski definition) is 0. The highest BCUT2D eigenvalue weighted by Gasteiger charge is 2.29. The molecular formula is C13H15ClN2O3S. The van der Waals surface area contributed by atoms with Crippen molar-refractivity contribution in [3.8, 4) is 0 Å². The summed E-state index contributed by atoms with van der Waals surface area (Å²) in [6.45, 7) is 0.657. The number of amides is 3. The lowest BCUT2D eigenvalue weighted by Gasteiger charge is -2.18. The molecular weight excluding hydrogens is 300 g/mol. The number of imide groups is 1. The van der Waals surface area contributed by atoms with E-state index < -0.39 is 0 Å². The first-order valence-electron chi connectivity index (χ1n) is 6.28. The fourth-order valence-corrected chi connectivity index (χ4v) is 3.17. The van der Waals surface area contributed by atoms with Gasteiger partial charge in [-0.05, 0) is 12.1 Å². The van der Waals surface area contributed by atoms with E-state index in [0.717, 1.165) is 4.88 Å². The first kappa shape index (κ1) is 15.0. The molecule has 1 aliphatic heterocycles. The van der Waals surface area contributed by atoms with E-state index in [4.69, 9.17) is 11.6 Å². The molecule has 0 atom stereocenters. The Morgan fingerprint density at radius 3 is 2.55 bits per heavy atom. The van der Waals surface area contributed by atoms with Gasteiger partial charge in [-0.1, -0.05) is 11.6 Å². The van der Waals surface area contributed by atoms with Crippen LogP contribution in [0.25, 0.3) is 0 Å². The second-order valence-electron chi connectivity index (χ2n) is 4.64. The van der Waals surface area contributed by atoms with E-state index in [1.165, 1.54) is 16.2 Å². The van der Waals surface area contributed by atoms with Crippen molar-refractivity contribution in [2.24, 2.45) is 0 Å². The molecule has 0 aliphatic carbocycles. The maximum atomic E-state index is 12.0. The van der Waals surface area contributed by atoms with Gasteiger partial charge in [0.25, 0.3) is 0 Å². The Morgan fingerprint density at radius 2 is 2.00 bits per heavy atom. The van der Waals surface area contributed by atoms with E-state index in [1.54, 1.807) is 18.0 Å². The van der Waals surface area contributed by atoms with Gasteiger partial charge in [-0.2, -0.15) is 0 Å². The van der Waals surface area contributed by atoms with Gasteiger partial charge in [-0.25, -0.2) is 0 Å². The molecule has 0 bridgehead atoms. The Labute approximate surface area is 126 Å². The van der Waals surface area contributed by atoms with E-state index in [-0.39, 0.29) is 43.5 Å². The molecule has 0 unspecified atom stereocenters. The lowest BCUT2D eigenvalue weighted by molar-refractivity contribution is -0.139. The smallest absolute Gasteiger partial charge is 0.229 e. The highest BCUT2D eigenvalue weighted by atomic mass is 35.5. The number of nitrogens with zero attached hydrogens (tertiary/aromatic N) is 2. The van der Waals surface area contributed by atoms with Gasteiger partial charge in [-0.15, -0.1) is 11.3 Å². The van der Waals surface area contributed by atoms with Gasteiger partial charge in [0.05, 0.1) is 10.9 Å². The number of rotatable bonds is 5. The highest BCUT2D eigenvalue weighted by molar-refractivity contribution is 7.16. The standard InChI is InChI=1S/C13H15ClN2O3S/c1-15(8-9-2-3-10(14)20-9)11(17)6-7-16-12(18)4-5-13(16)19/h2-3H,4-8H2,1H3. The van der Waals surface area contributed by atoms with Crippen LogP contribution in [0.2, 0.25) is 4.34 Å². The topological polar surface area (TPSA) is 57.7 Å². The van der Waals surface area contributed by atoms with Crippen LogP contribution in [0.5, 0.6) is 0 Å². The van der Waals surface area contributed by atoms with Gasteiger partial charge in [-0.3, -0.25) is 19.3 Å². The van der Waals surface area contributed by atoms with Crippen molar-refractivity contribution in [3.05, 3.63) is 21.3 Å². The summed E-state index contributed by atoms with van der Waals surface area (Å²) in [4.78, 5) is 38.6. The molecule has 0 aromatic carbocycles. The van der Waals surface area contributed by atoms with Crippen LogP contribution in [0, 0.1) is 0 Å². The third-order valence-electron chi connectivity index (χ3n) is 3.15. The largest absolute Gasteiger partial charge is 0.341 e. The van der Waals surface area contributed by atoms with Crippen molar-refractivity contribution >= 4 is 40.7 Å². The molecule has 1 saturated heterocycles. The summed E-state index contributed by atoms with van der Waals surface area (Å²) in [6, 6.07) is 3.67. The van der Waals surface area contributed by atoms with Crippen LogP contribution in [-0.4, -0.2) is 41.1 Å². The minimum absolute atomic E-state index is 0.0953. The van der Waals surface area contributed by atoms with Crippen LogP contribution in [0.3, 0.4) is 0 Å². The van der Waals surface area contributed by atoms with E-state index in [1.807, 2.05) is 6.07 Å². The molecule has 3 amide bonds. The van der Waals surface area contributed by atoms with E-state index >= 15 is 0 Å². The lowest BCUT2D eigenvalue weighted by Crippen LogP contribution is -2.34. The monoisotopic (exact) mass is 314 g/mol. The fraction of sp³-hybridized carbons (Fsp3) is 0.462. The summed E-state index contributed by atoms with van der Waals surface area (Å²) >= 11 is 7.27. The predicted octanol–water partition coefficient (Wildman–Crippen LogP) is 1.90. The Bertz CT molecular complexity index is 527. The van der Waals surface area contributed by atoms with Crippen molar-refractivity contribution in [2.75, 3.05) is 13.6 Å². The average molecular weight is 315 g/mol. The van der Waals surface area contributed by atoms with Crippen molar-refractivity contribution in [3.63, 3.8) is 0 Å². The number of hydrogen-bond acceptors (Lipinski definition) is 4. The van der Waals surface area contributed by atoms with Crippen molar-refractivity contribution in [1.29, 1.82) is 0 Å². The molecule has 0 saturated carbocycles. The lowest BCUT2D eigenvalue weighted by atomic mass is 10.3. The van der Waals surface area contributed by atoms with Gasteiger partial charge in [0.2, 0.25) is 17.7 Å². The molecule has 7 heteroatoms. The first-order chi connectivity index (χ1) is 9.47. The van der Waals surface area contributed by atoms with E-state index in [2.05, 4.69) is 0 Å². The van der Waals surface area contributed by atoms with Gasteiger partial charge < -0.3 is 4.90 Å². The average Bonchev–Trinajstić information content (AvgIpc) is 2.94. The summed E-state index contributed by atoms with van der Waals surface area (Å²) in [6.07, 6.45) is 0.681. The minimum atomic E-state index is -0.185. The maximum absolute atomic E-state index is 12.0. The van der Waals surface area contributed by atoms with Gasteiger partial charge >= 0.3 is 0 Å². The Morgan fingerprint density at radius 1 is 1.35 bits per heavy atom. The van der Waals surface area contributed by atoms with Crippen molar-refractivity contribution in [2.45, 2.75) is 25.8 Å². The Kier molecular flexibility index (Phi) is 4.77. The predicted molar refractivity (Wildman–Crippen MR) is 76.4 cm³/mol. The normalized spacial score (nSPS) is 15.0. The highest BCUT2D eigenvalue weighted by Crippen LogP contribution is 2.22. The van der Waals surface area contributed by atoms with E-state index in [9.17, 15) is 14.4 Å². The summed E-state index contributed by atoms with van der Waals surface area (Å²) in [7, 11) is 1.70. The zero-order valence-electron chi connectivity index (χ0n) is 11.1. The zero-order chi connectivity index (χ0) is 14.7. The molecule has 108 valence electrons. The molecule has 1 aromatic rings. The van der Waals surface area contributed by atoms with Gasteiger partial charge in [0, 0.05) is 37.7 Å². The molecule has 1 aromatic heterocycles. The summed E-state index contributed by atoms with van der Waals surface area (Å²) in [5.41, 5.74) is 0. The molecule has 20 heavy (non-hydrogen) atoms. The third kappa shape index (κ3) is 3.58. The summed E-state index contributed by atoms with van der Waals surface area (Å²) in [5, 5.41) is 0. The number of carbonyl (C=O) groups excluding carboxylic acids is 3. The molecule has 1 aliphatic rings. The van der Waals surface area contributed by atoms with Crippen molar-refractivity contribution < 1.29 is 14.4 Å². The second kappa shape index (κ2) is 6.37. The molecule has 2 rings (SSSR count). The summed E-state index contributed by atoms with van der Waals surface area (Å²) in [5.74, 6) is -0.465. The molecule has 5 nitrogen and oxygen atoms in total. The van der Waals surface area contributed by atoms with Crippen LogP contribution < -0.4 is 0 Å². The summed E-state index contributed by atoms with van der Waals surface area (Å²) < 4.78 is 0.689. The van der Waals surface area contributed by atoms with Crippen LogP contribution in [0.15, 0.2) is 12.1 Å². The van der Waals surface area contributed by atoms with Crippen molar-refractivity contribution in [1.82, 2.24) is 9.80 Å². The number of halogens is 1. The van der Waals surface area contributed by atoms with Gasteiger partial charge in [0.15, 0.2) is 0 Å². The molecule has 0 N–H and O–H groups in total. The zero-order valence-corrected chi connectivity index (χ0v) is 12.7.